The van der Waals surface area contributed by atoms with Gasteiger partial charge in [-0.25, -0.2) is 0 Å². The van der Waals surface area contributed by atoms with E-state index in [4.69, 9.17) is 16.3 Å². The Morgan fingerprint density at radius 2 is 1.69 bits per heavy atom. The van der Waals surface area contributed by atoms with Crippen molar-refractivity contribution in [3.8, 4) is 5.75 Å². The molecule has 1 amide bonds. The first-order valence-electron chi connectivity index (χ1n) is 12.6. The van der Waals surface area contributed by atoms with Gasteiger partial charge < -0.3 is 9.64 Å². The molecule has 3 aromatic rings. The van der Waals surface area contributed by atoms with E-state index >= 15 is 0 Å². The van der Waals surface area contributed by atoms with Crippen LogP contribution >= 0.6 is 24.0 Å². The van der Waals surface area contributed by atoms with Gasteiger partial charge in [-0.15, -0.1) is 12.4 Å². The lowest BCUT2D eigenvalue weighted by Crippen LogP contribution is -2.30. The molecule has 0 bridgehead atoms. The molecule has 0 N–H and O–H groups in total. The fourth-order valence-electron chi connectivity index (χ4n) is 4.23. The highest BCUT2D eigenvalue weighted by Gasteiger charge is 2.34. The fourth-order valence-corrected chi connectivity index (χ4v) is 4.52. The van der Waals surface area contributed by atoms with Crippen LogP contribution in [0, 0.1) is 0 Å². The second-order valence-electron chi connectivity index (χ2n) is 9.64. The van der Waals surface area contributed by atoms with Gasteiger partial charge in [0.25, 0.3) is 0 Å². The molecule has 4 nitrogen and oxygen atoms in total. The molecule has 0 saturated carbocycles. The van der Waals surface area contributed by atoms with E-state index in [1.807, 2.05) is 42.5 Å². The topological polar surface area (TPSA) is 32.8 Å². The molecule has 0 radical (unpaired) electrons. The predicted molar refractivity (Wildman–Crippen MR) is 153 cm³/mol. The Morgan fingerprint density at radius 1 is 1.00 bits per heavy atom. The molecule has 3 rings (SSSR count). The van der Waals surface area contributed by atoms with Crippen LogP contribution in [0.15, 0.2) is 72.8 Å². The number of carbonyl (C=O) groups is 1. The molecule has 0 saturated heterocycles. The van der Waals surface area contributed by atoms with Gasteiger partial charge in [-0.2, -0.15) is 13.2 Å². The largest absolute Gasteiger partial charge is 0.494 e. The van der Waals surface area contributed by atoms with Crippen molar-refractivity contribution in [1.29, 1.82) is 0 Å². The molecule has 9 heteroatoms. The van der Waals surface area contributed by atoms with Crippen LogP contribution in [0.3, 0.4) is 0 Å². The van der Waals surface area contributed by atoms with Gasteiger partial charge in [0.1, 0.15) is 5.75 Å². The van der Waals surface area contributed by atoms with Gasteiger partial charge in [0.05, 0.1) is 23.6 Å². The SMILES string of the molecule is CC(CN(CCCOc1cccc(CC(=O)N(C)C)c1)Cc1cccc(C(F)(F)F)c1Cl)c1ccccc1.Cl. The Labute approximate surface area is 240 Å². The first kappa shape index (κ1) is 32.5. The summed E-state index contributed by atoms with van der Waals surface area (Å²) < 4.78 is 46.2. The third-order valence-electron chi connectivity index (χ3n) is 6.32. The zero-order chi connectivity index (χ0) is 27.7. The normalized spacial score (nSPS) is 12.1. The van der Waals surface area contributed by atoms with Crippen molar-refractivity contribution in [1.82, 2.24) is 9.80 Å². The molecule has 1 unspecified atom stereocenters. The molecule has 3 aromatic carbocycles. The molecule has 0 spiro atoms. The van der Waals surface area contributed by atoms with E-state index in [0.717, 1.165) is 17.2 Å². The van der Waals surface area contributed by atoms with E-state index in [0.29, 0.717) is 50.4 Å². The van der Waals surface area contributed by atoms with Gasteiger partial charge in [-0.05, 0) is 47.2 Å². The van der Waals surface area contributed by atoms with Gasteiger partial charge in [-0.1, -0.05) is 73.1 Å². The quantitative estimate of drug-likeness (QED) is 0.207. The Balaban J connectivity index is 0.00000533. The van der Waals surface area contributed by atoms with Crippen LogP contribution in [0.4, 0.5) is 13.2 Å². The molecular weight excluding hydrogens is 548 g/mol. The number of nitrogens with zero attached hydrogens (tertiary/aromatic N) is 2. The Morgan fingerprint density at radius 3 is 2.36 bits per heavy atom. The van der Waals surface area contributed by atoms with Crippen LogP contribution in [0.1, 0.15) is 41.5 Å². The Hall–Kier alpha value is -2.74. The standard InChI is InChI=1S/C30H34ClF3N2O2.ClH/c1-22(24-11-5-4-6-12-24)20-36(21-25-13-8-15-27(29(25)31)30(32,33)34)16-9-17-38-26-14-7-10-23(18-26)19-28(37)35(2)3;/h4-8,10-15,18,22H,9,16-17,19-21H2,1-3H3;1H. The maximum absolute atomic E-state index is 13.4. The molecule has 212 valence electrons. The zero-order valence-corrected chi connectivity index (χ0v) is 24.0. The molecule has 0 aliphatic heterocycles. The molecule has 0 aliphatic rings. The summed E-state index contributed by atoms with van der Waals surface area (Å²) in [4.78, 5) is 15.7. The number of carbonyl (C=O) groups excluding carboxylic acids is 1. The number of rotatable bonds is 12. The molecular formula is C30H35Cl2F3N2O2. The van der Waals surface area contributed by atoms with Gasteiger partial charge in [0, 0.05) is 33.7 Å². The lowest BCUT2D eigenvalue weighted by molar-refractivity contribution is -0.137. The van der Waals surface area contributed by atoms with Gasteiger partial charge in [0.15, 0.2) is 0 Å². The van der Waals surface area contributed by atoms with Crippen molar-refractivity contribution in [2.45, 2.75) is 38.4 Å². The van der Waals surface area contributed by atoms with Gasteiger partial charge >= 0.3 is 6.18 Å². The van der Waals surface area contributed by atoms with Crippen molar-refractivity contribution in [2.75, 3.05) is 33.8 Å². The molecule has 1 atom stereocenters. The van der Waals surface area contributed by atoms with E-state index in [1.54, 1.807) is 25.1 Å². The number of halogens is 5. The molecule has 0 heterocycles. The average Bonchev–Trinajstić information content (AvgIpc) is 2.87. The summed E-state index contributed by atoms with van der Waals surface area (Å²) in [6, 6.07) is 21.5. The van der Waals surface area contributed by atoms with Gasteiger partial charge in [-0.3, -0.25) is 9.69 Å². The predicted octanol–water partition coefficient (Wildman–Crippen LogP) is 7.49. The fraction of sp³-hybridized carbons (Fsp3) is 0.367. The maximum atomic E-state index is 13.4. The number of likely N-dealkylation sites (N-methyl/N-ethyl adjacent to an activating group) is 1. The maximum Gasteiger partial charge on any atom is 0.417 e. The number of alkyl halides is 3. The van der Waals surface area contributed by atoms with Crippen molar-refractivity contribution < 1.29 is 22.7 Å². The van der Waals surface area contributed by atoms with E-state index in [2.05, 4.69) is 24.0 Å². The molecule has 0 aromatic heterocycles. The lowest BCUT2D eigenvalue weighted by atomic mass is 10.00. The van der Waals surface area contributed by atoms with E-state index in [1.165, 1.54) is 6.07 Å². The highest BCUT2D eigenvalue weighted by Crippen LogP contribution is 2.36. The summed E-state index contributed by atoms with van der Waals surface area (Å²) in [5, 5.41) is -0.252. The monoisotopic (exact) mass is 582 g/mol. The van der Waals surface area contributed by atoms with Crippen LogP contribution in [0.5, 0.6) is 5.75 Å². The first-order chi connectivity index (χ1) is 18.0. The number of benzene rings is 3. The van der Waals surface area contributed by atoms with Crippen LogP contribution < -0.4 is 4.74 Å². The number of hydrogen-bond donors (Lipinski definition) is 0. The second-order valence-corrected chi connectivity index (χ2v) is 10.0. The minimum Gasteiger partial charge on any atom is -0.494 e. The van der Waals surface area contributed by atoms with Crippen LogP contribution in [0.25, 0.3) is 0 Å². The van der Waals surface area contributed by atoms with E-state index in [9.17, 15) is 18.0 Å². The lowest BCUT2D eigenvalue weighted by Gasteiger charge is -2.27. The van der Waals surface area contributed by atoms with Crippen LogP contribution in [0.2, 0.25) is 5.02 Å². The van der Waals surface area contributed by atoms with Crippen LogP contribution in [-0.4, -0.2) is 49.5 Å². The molecule has 0 aliphatic carbocycles. The summed E-state index contributed by atoms with van der Waals surface area (Å²) in [5.74, 6) is 0.866. The van der Waals surface area contributed by atoms with Crippen LogP contribution in [-0.2, 0) is 23.9 Å². The first-order valence-corrected chi connectivity index (χ1v) is 13.0. The third-order valence-corrected chi connectivity index (χ3v) is 6.77. The van der Waals surface area contributed by atoms with Crippen molar-refractivity contribution in [3.63, 3.8) is 0 Å². The van der Waals surface area contributed by atoms with Crippen molar-refractivity contribution >= 4 is 29.9 Å². The van der Waals surface area contributed by atoms with Gasteiger partial charge in [0.2, 0.25) is 5.91 Å². The smallest absolute Gasteiger partial charge is 0.417 e. The number of ether oxygens (including phenoxy) is 1. The van der Waals surface area contributed by atoms with Crippen molar-refractivity contribution in [2.24, 2.45) is 0 Å². The summed E-state index contributed by atoms with van der Waals surface area (Å²) in [5.41, 5.74) is 1.66. The van der Waals surface area contributed by atoms with Crippen molar-refractivity contribution in [3.05, 3.63) is 100 Å². The average molecular weight is 584 g/mol. The third kappa shape index (κ3) is 10.1. The number of amides is 1. The second kappa shape index (κ2) is 15.2. The van der Waals surface area contributed by atoms with E-state index < -0.39 is 11.7 Å². The summed E-state index contributed by atoms with van der Waals surface area (Å²) in [7, 11) is 3.44. The Kier molecular flexibility index (Phi) is 12.6. The minimum atomic E-state index is -4.51. The number of hydrogen-bond acceptors (Lipinski definition) is 3. The summed E-state index contributed by atoms with van der Waals surface area (Å²) in [6.07, 6.45) is -3.54. The minimum absolute atomic E-state index is 0. The summed E-state index contributed by atoms with van der Waals surface area (Å²) in [6.45, 7) is 4.09. The molecule has 39 heavy (non-hydrogen) atoms. The highest BCUT2D eigenvalue weighted by atomic mass is 35.5. The molecule has 0 fully saturated rings. The zero-order valence-electron chi connectivity index (χ0n) is 22.4. The Bertz CT molecular complexity index is 1190. The summed E-state index contributed by atoms with van der Waals surface area (Å²) >= 11 is 6.20. The highest BCUT2D eigenvalue weighted by molar-refractivity contribution is 6.32. The van der Waals surface area contributed by atoms with E-state index in [-0.39, 0.29) is 29.3 Å².